The maximum atomic E-state index is 13.8. The molecule has 114 valence electrons. The molecule has 0 saturated carbocycles. The van der Waals surface area contributed by atoms with Gasteiger partial charge in [-0.25, -0.2) is 9.37 Å². The van der Waals surface area contributed by atoms with Crippen LogP contribution in [0.2, 0.25) is 0 Å². The van der Waals surface area contributed by atoms with E-state index in [1.165, 1.54) is 6.07 Å². The van der Waals surface area contributed by atoms with Gasteiger partial charge in [-0.15, -0.1) is 0 Å². The Hall–Kier alpha value is -1.88. The highest BCUT2D eigenvalue weighted by atomic mass is 19.1. The number of benzene rings is 1. The Morgan fingerprint density at radius 3 is 2.90 bits per heavy atom. The van der Waals surface area contributed by atoms with Gasteiger partial charge in [0.2, 0.25) is 5.95 Å². The first kappa shape index (κ1) is 15.5. The summed E-state index contributed by atoms with van der Waals surface area (Å²) in [6.07, 6.45) is 2.86. The van der Waals surface area contributed by atoms with Crippen LogP contribution in [-0.4, -0.2) is 22.8 Å². The molecule has 0 spiro atoms. The summed E-state index contributed by atoms with van der Waals surface area (Å²) in [6.45, 7) is 8.07. The van der Waals surface area contributed by atoms with E-state index in [0.717, 1.165) is 30.8 Å². The van der Waals surface area contributed by atoms with E-state index in [1.807, 2.05) is 31.5 Å². The molecule has 1 heterocycles. The normalized spacial score (nSPS) is 10.9. The molecule has 2 aromatic rings. The predicted octanol–water partition coefficient (Wildman–Crippen LogP) is 3.81. The van der Waals surface area contributed by atoms with Crippen LogP contribution in [0, 0.1) is 19.7 Å². The largest absolute Gasteiger partial charge is 0.382 e. The van der Waals surface area contributed by atoms with Gasteiger partial charge in [-0.05, 0) is 44.9 Å². The van der Waals surface area contributed by atoms with Crippen molar-refractivity contribution in [1.82, 2.24) is 9.55 Å². The molecule has 0 unspecified atom stereocenters. The zero-order valence-corrected chi connectivity index (χ0v) is 12.8. The van der Waals surface area contributed by atoms with E-state index >= 15 is 0 Å². The van der Waals surface area contributed by atoms with Crippen molar-refractivity contribution < 1.29 is 9.13 Å². The molecule has 1 N–H and O–H groups in total. The summed E-state index contributed by atoms with van der Waals surface area (Å²) in [7, 11) is 0. The fraction of sp³-hybridized carbons (Fsp3) is 0.438. The monoisotopic (exact) mass is 291 g/mol. The van der Waals surface area contributed by atoms with Crippen LogP contribution in [0.15, 0.2) is 24.4 Å². The van der Waals surface area contributed by atoms with Gasteiger partial charge >= 0.3 is 0 Å². The molecule has 0 atom stereocenters. The van der Waals surface area contributed by atoms with E-state index in [4.69, 9.17) is 4.74 Å². The molecule has 0 radical (unpaired) electrons. The second-order valence-corrected chi connectivity index (χ2v) is 5.06. The quantitative estimate of drug-likeness (QED) is 0.788. The van der Waals surface area contributed by atoms with Crippen LogP contribution >= 0.6 is 0 Å². The number of hydrogen-bond donors (Lipinski definition) is 1. The van der Waals surface area contributed by atoms with Gasteiger partial charge in [0.05, 0.1) is 11.4 Å². The van der Waals surface area contributed by atoms with Gasteiger partial charge in [0.25, 0.3) is 0 Å². The first-order valence-corrected chi connectivity index (χ1v) is 7.25. The number of aryl methyl sites for hydroxylation is 3. The molecule has 0 aliphatic heterocycles. The first-order valence-electron chi connectivity index (χ1n) is 7.25. The van der Waals surface area contributed by atoms with E-state index in [0.29, 0.717) is 18.2 Å². The van der Waals surface area contributed by atoms with Gasteiger partial charge in [0.15, 0.2) is 0 Å². The average molecular weight is 291 g/mol. The molecule has 21 heavy (non-hydrogen) atoms. The Morgan fingerprint density at radius 1 is 1.33 bits per heavy atom. The molecule has 5 heteroatoms. The number of anilines is 2. The minimum atomic E-state index is -0.276. The minimum absolute atomic E-state index is 0.276. The van der Waals surface area contributed by atoms with E-state index in [-0.39, 0.29) is 5.82 Å². The highest BCUT2D eigenvalue weighted by Gasteiger charge is 2.09. The number of halogens is 1. The van der Waals surface area contributed by atoms with Crippen molar-refractivity contribution in [1.29, 1.82) is 0 Å². The van der Waals surface area contributed by atoms with Crippen molar-refractivity contribution in [3.63, 3.8) is 0 Å². The molecule has 0 fully saturated rings. The topological polar surface area (TPSA) is 39.1 Å². The maximum absolute atomic E-state index is 13.8. The molecule has 2 rings (SSSR count). The molecule has 4 nitrogen and oxygen atoms in total. The summed E-state index contributed by atoms with van der Waals surface area (Å²) < 4.78 is 21.2. The van der Waals surface area contributed by atoms with Gasteiger partial charge in [0.1, 0.15) is 5.82 Å². The second kappa shape index (κ2) is 7.22. The Kier molecular flexibility index (Phi) is 5.33. The lowest BCUT2D eigenvalue weighted by Gasteiger charge is -2.11. The van der Waals surface area contributed by atoms with Gasteiger partial charge in [-0.1, -0.05) is 6.07 Å². The lowest BCUT2D eigenvalue weighted by atomic mass is 10.2. The van der Waals surface area contributed by atoms with Crippen molar-refractivity contribution in [2.24, 2.45) is 0 Å². The van der Waals surface area contributed by atoms with E-state index in [9.17, 15) is 4.39 Å². The van der Waals surface area contributed by atoms with Crippen LogP contribution in [-0.2, 0) is 11.3 Å². The Labute approximate surface area is 125 Å². The lowest BCUT2D eigenvalue weighted by Crippen LogP contribution is -2.06. The molecular formula is C16H22FN3O. The van der Waals surface area contributed by atoms with Gasteiger partial charge in [0, 0.05) is 26.0 Å². The fourth-order valence-corrected chi connectivity index (χ4v) is 2.15. The number of nitrogens with zero attached hydrogens (tertiary/aromatic N) is 2. The first-order chi connectivity index (χ1) is 10.1. The number of rotatable bonds is 7. The summed E-state index contributed by atoms with van der Waals surface area (Å²) in [6, 6.07) is 5.00. The predicted molar refractivity (Wildman–Crippen MR) is 82.5 cm³/mol. The van der Waals surface area contributed by atoms with E-state index < -0.39 is 0 Å². The Bertz CT molecular complexity index is 595. The van der Waals surface area contributed by atoms with Crippen LogP contribution in [0.25, 0.3) is 0 Å². The fourth-order valence-electron chi connectivity index (χ4n) is 2.15. The van der Waals surface area contributed by atoms with Crippen LogP contribution in [0.4, 0.5) is 16.0 Å². The zero-order chi connectivity index (χ0) is 15.2. The van der Waals surface area contributed by atoms with Gasteiger partial charge in [-0.2, -0.15) is 0 Å². The van der Waals surface area contributed by atoms with Crippen molar-refractivity contribution in [3.05, 3.63) is 41.5 Å². The number of imidazole rings is 1. The van der Waals surface area contributed by atoms with Crippen LogP contribution < -0.4 is 5.32 Å². The smallest absolute Gasteiger partial charge is 0.207 e. The van der Waals surface area contributed by atoms with Crippen molar-refractivity contribution in [3.8, 4) is 0 Å². The van der Waals surface area contributed by atoms with Crippen LogP contribution in [0.3, 0.4) is 0 Å². The van der Waals surface area contributed by atoms with Crippen molar-refractivity contribution in [2.75, 3.05) is 18.5 Å². The molecule has 1 aromatic heterocycles. The Morgan fingerprint density at radius 2 is 2.14 bits per heavy atom. The molecule has 1 aromatic carbocycles. The summed E-state index contributed by atoms with van der Waals surface area (Å²) in [4.78, 5) is 4.42. The molecule has 0 saturated heterocycles. The summed E-state index contributed by atoms with van der Waals surface area (Å²) in [5.74, 6) is 0.385. The standard InChI is InChI=1S/C16H22FN3O/c1-4-21-9-5-8-20-11-13(3)18-16(20)19-15-10-12(2)6-7-14(15)17/h6-7,10-11H,4-5,8-9H2,1-3H3,(H,18,19). The summed E-state index contributed by atoms with van der Waals surface area (Å²) >= 11 is 0. The number of ether oxygens (including phenoxy) is 1. The Balaban J connectivity index is 2.10. The van der Waals surface area contributed by atoms with Crippen LogP contribution in [0.5, 0.6) is 0 Å². The van der Waals surface area contributed by atoms with E-state index in [1.54, 1.807) is 12.1 Å². The summed E-state index contributed by atoms with van der Waals surface area (Å²) in [5.41, 5.74) is 2.36. The molecule has 0 amide bonds. The maximum Gasteiger partial charge on any atom is 0.207 e. The van der Waals surface area contributed by atoms with E-state index in [2.05, 4.69) is 10.3 Å². The SMILES string of the molecule is CCOCCCn1cc(C)nc1Nc1cc(C)ccc1F. The van der Waals surface area contributed by atoms with Gasteiger partial charge < -0.3 is 14.6 Å². The van der Waals surface area contributed by atoms with Crippen molar-refractivity contribution in [2.45, 2.75) is 33.7 Å². The third-order valence-corrected chi connectivity index (χ3v) is 3.16. The van der Waals surface area contributed by atoms with Crippen molar-refractivity contribution >= 4 is 11.6 Å². The lowest BCUT2D eigenvalue weighted by molar-refractivity contribution is 0.142. The molecule has 0 aliphatic carbocycles. The number of aromatic nitrogens is 2. The highest BCUT2D eigenvalue weighted by Crippen LogP contribution is 2.21. The third kappa shape index (κ3) is 4.29. The number of hydrogen-bond acceptors (Lipinski definition) is 3. The zero-order valence-electron chi connectivity index (χ0n) is 12.8. The van der Waals surface area contributed by atoms with Crippen LogP contribution in [0.1, 0.15) is 24.6 Å². The molecule has 0 aliphatic rings. The summed E-state index contributed by atoms with van der Waals surface area (Å²) in [5, 5.41) is 3.08. The minimum Gasteiger partial charge on any atom is -0.382 e. The second-order valence-electron chi connectivity index (χ2n) is 5.06. The number of nitrogens with one attached hydrogen (secondary N) is 1. The highest BCUT2D eigenvalue weighted by molar-refractivity contribution is 5.56. The molecule has 0 bridgehead atoms. The van der Waals surface area contributed by atoms with Gasteiger partial charge in [-0.3, -0.25) is 0 Å². The average Bonchev–Trinajstić information content (AvgIpc) is 2.79. The molecular weight excluding hydrogens is 269 g/mol. The third-order valence-electron chi connectivity index (χ3n) is 3.16.